The minimum Gasteiger partial charge on any atom is -0.479 e. The van der Waals surface area contributed by atoms with E-state index in [2.05, 4.69) is 4.74 Å². The molecule has 3 atom stereocenters. The maximum absolute atomic E-state index is 11.6. The number of carbonyl (C=O) groups is 3. The lowest BCUT2D eigenvalue weighted by molar-refractivity contribution is -0.161. The zero-order valence-electron chi connectivity index (χ0n) is 13.3. The van der Waals surface area contributed by atoms with E-state index in [1.165, 1.54) is 21.0 Å². The van der Waals surface area contributed by atoms with Crippen molar-refractivity contribution in [2.45, 2.75) is 45.8 Å². The lowest BCUT2D eigenvalue weighted by Gasteiger charge is -2.34. The van der Waals surface area contributed by atoms with Gasteiger partial charge in [-0.25, -0.2) is 4.79 Å². The van der Waals surface area contributed by atoms with Gasteiger partial charge in [0.1, 0.15) is 12.2 Å². The van der Waals surface area contributed by atoms with E-state index in [-0.39, 0.29) is 18.3 Å². The zero-order valence-corrected chi connectivity index (χ0v) is 13.3. The summed E-state index contributed by atoms with van der Waals surface area (Å²) in [6.45, 7) is 4.64. The Morgan fingerprint density at radius 3 is 2.55 bits per heavy atom. The second-order valence-electron chi connectivity index (χ2n) is 5.13. The standard InChI is InChI=1S/C15H22O7/c1-9-5-6-13(15(18)19-4)22-14(9)12(21-11(3)17)7-8-20-10(2)16/h6,9,12,14H,5,7-8H2,1-4H3. The van der Waals surface area contributed by atoms with Gasteiger partial charge in [0, 0.05) is 26.2 Å². The fourth-order valence-electron chi connectivity index (χ4n) is 2.23. The largest absolute Gasteiger partial charge is 0.479 e. The first-order chi connectivity index (χ1) is 10.3. The van der Waals surface area contributed by atoms with Gasteiger partial charge in [0.05, 0.1) is 13.7 Å². The highest BCUT2D eigenvalue weighted by Crippen LogP contribution is 2.28. The van der Waals surface area contributed by atoms with Gasteiger partial charge < -0.3 is 18.9 Å². The van der Waals surface area contributed by atoms with Crippen LogP contribution in [0.3, 0.4) is 0 Å². The first-order valence-corrected chi connectivity index (χ1v) is 7.10. The number of hydrogen-bond donors (Lipinski definition) is 0. The molecule has 7 nitrogen and oxygen atoms in total. The summed E-state index contributed by atoms with van der Waals surface area (Å²) in [5.74, 6) is -1.30. The Labute approximate surface area is 129 Å². The maximum Gasteiger partial charge on any atom is 0.372 e. The van der Waals surface area contributed by atoms with Crippen LogP contribution in [0.4, 0.5) is 0 Å². The summed E-state index contributed by atoms with van der Waals surface area (Å²) in [5.41, 5.74) is 0. The number of hydrogen-bond acceptors (Lipinski definition) is 7. The topological polar surface area (TPSA) is 88.1 Å². The molecule has 0 bridgehead atoms. The van der Waals surface area contributed by atoms with E-state index in [0.29, 0.717) is 12.8 Å². The van der Waals surface area contributed by atoms with Crippen LogP contribution in [-0.2, 0) is 33.3 Å². The van der Waals surface area contributed by atoms with Gasteiger partial charge in [-0.2, -0.15) is 0 Å². The Kier molecular flexibility index (Phi) is 6.88. The van der Waals surface area contributed by atoms with Crippen molar-refractivity contribution in [2.24, 2.45) is 5.92 Å². The maximum atomic E-state index is 11.6. The average Bonchev–Trinajstić information content (AvgIpc) is 2.45. The van der Waals surface area contributed by atoms with Crippen LogP contribution in [0.2, 0.25) is 0 Å². The molecule has 0 aromatic rings. The molecule has 3 unspecified atom stereocenters. The normalized spacial score (nSPS) is 21.9. The van der Waals surface area contributed by atoms with E-state index in [9.17, 15) is 14.4 Å². The molecule has 0 radical (unpaired) electrons. The third kappa shape index (κ3) is 5.38. The van der Waals surface area contributed by atoms with Gasteiger partial charge in [-0.1, -0.05) is 6.92 Å². The summed E-state index contributed by atoms with van der Waals surface area (Å²) in [4.78, 5) is 33.7. The molecule has 1 rings (SSSR count). The first kappa shape index (κ1) is 18.0. The van der Waals surface area contributed by atoms with E-state index in [1.54, 1.807) is 6.08 Å². The number of allylic oxidation sites excluding steroid dienone is 1. The molecule has 22 heavy (non-hydrogen) atoms. The Balaban J connectivity index is 2.78. The molecule has 0 amide bonds. The molecule has 0 fully saturated rings. The van der Waals surface area contributed by atoms with Crippen LogP contribution in [0.15, 0.2) is 11.8 Å². The minimum absolute atomic E-state index is 0.0371. The van der Waals surface area contributed by atoms with Crippen LogP contribution < -0.4 is 0 Å². The lowest BCUT2D eigenvalue weighted by Crippen LogP contribution is -2.41. The van der Waals surface area contributed by atoms with Crippen molar-refractivity contribution in [3.05, 3.63) is 11.8 Å². The molecule has 0 saturated carbocycles. The monoisotopic (exact) mass is 314 g/mol. The molecule has 1 aliphatic rings. The van der Waals surface area contributed by atoms with Crippen LogP contribution >= 0.6 is 0 Å². The van der Waals surface area contributed by atoms with E-state index in [1.807, 2.05) is 6.92 Å². The second-order valence-corrected chi connectivity index (χ2v) is 5.13. The van der Waals surface area contributed by atoms with Gasteiger partial charge in [-0.15, -0.1) is 0 Å². The molecule has 1 aliphatic heterocycles. The zero-order chi connectivity index (χ0) is 16.7. The summed E-state index contributed by atoms with van der Waals surface area (Å²) >= 11 is 0. The SMILES string of the molecule is COC(=O)C1=CCC(C)C(C(CCOC(C)=O)OC(C)=O)O1. The summed E-state index contributed by atoms with van der Waals surface area (Å²) in [6, 6.07) is 0. The summed E-state index contributed by atoms with van der Waals surface area (Å²) in [7, 11) is 1.27. The number of carbonyl (C=O) groups excluding carboxylic acids is 3. The highest BCUT2D eigenvalue weighted by atomic mass is 16.6. The highest BCUT2D eigenvalue weighted by Gasteiger charge is 2.35. The molecule has 1 heterocycles. The average molecular weight is 314 g/mol. The van der Waals surface area contributed by atoms with E-state index in [4.69, 9.17) is 14.2 Å². The van der Waals surface area contributed by atoms with Crippen LogP contribution in [0.25, 0.3) is 0 Å². The van der Waals surface area contributed by atoms with Crippen molar-refractivity contribution in [3.63, 3.8) is 0 Å². The van der Waals surface area contributed by atoms with Crippen LogP contribution in [-0.4, -0.2) is 43.8 Å². The first-order valence-electron chi connectivity index (χ1n) is 7.10. The molecule has 0 saturated heterocycles. The summed E-state index contributed by atoms with van der Waals surface area (Å²) in [6.07, 6.45) is 1.44. The fraction of sp³-hybridized carbons (Fsp3) is 0.667. The molecular weight excluding hydrogens is 292 g/mol. The van der Waals surface area contributed by atoms with Gasteiger partial charge >= 0.3 is 17.9 Å². The Morgan fingerprint density at radius 2 is 2.00 bits per heavy atom. The number of ether oxygens (including phenoxy) is 4. The third-order valence-electron chi connectivity index (χ3n) is 3.28. The minimum atomic E-state index is -0.611. The van der Waals surface area contributed by atoms with Crippen LogP contribution in [0.1, 0.15) is 33.6 Å². The number of methoxy groups -OCH3 is 1. The molecule has 0 aromatic carbocycles. The van der Waals surface area contributed by atoms with Gasteiger partial charge in [0.25, 0.3) is 0 Å². The summed E-state index contributed by atoms with van der Waals surface area (Å²) in [5, 5.41) is 0. The third-order valence-corrected chi connectivity index (χ3v) is 3.28. The van der Waals surface area contributed by atoms with Crippen molar-refractivity contribution >= 4 is 17.9 Å². The van der Waals surface area contributed by atoms with Gasteiger partial charge in [-0.05, 0) is 12.5 Å². The van der Waals surface area contributed by atoms with E-state index in [0.717, 1.165) is 0 Å². The molecule has 0 N–H and O–H groups in total. The predicted octanol–water partition coefficient (Wildman–Crippen LogP) is 1.35. The van der Waals surface area contributed by atoms with Crippen molar-refractivity contribution in [1.82, 2.24) is 0 Å². The molecule has 124 valence electrons. The smallest absolute Gasteiger partial charge is 0.372 e. The van der Waals surface area contributed by atoms with Crippen molar-refractivity contribution in [1.29, 1.82) is 0 Å². The van der Waals surface area contributed by atoms with Gasteiger partial charge in [0.2, 0.25) is 5.76 Å². The summed E-state index contributed by atoms with van der Waals surface area (Å²) < 4.78 is 20.4. The Hall–Kier alpha value is -2.05. The fourth-order valence-corrected chi connectivity index (χ4v) is 2.23. The van der Waals surface area contributed by atoms with Crippen molar-refractivity contribution < 1.29 is 33.3 Å². The molecule has 0 aromatic heterocycles. The van der Waals surface area contributed by atoms with Crippen molar-refractivity contribution in [3.8, 4) is 0 Å². The van der Waals surface area contributed by atoms with E-state index < -0.39 is 30.1 Å². The van der Waals surface area contributed by atoms with Crippen molar-refractivity contribution in [2.75, 3.05) is 13.7 Å². The quantitative estimate of drug-likeness (QED) is 0.540. The number of esters is 3. The molecular formula is C15H22O7. The lowest BCUT2D eigenvalue weighted by atomic mass is 9.92. The second kappa shape index (κ2) is 8.41. The Morgan fingerprint density at radius 1 is 1.32 bits per heavy atom. The van der Waals surface area contributed by atoms with Gasteiger partial charge in [-0.3, -0.25) is 9.59 Å². The molecule has 0 aliphatic carbocycles. The Bertz CT molecular complexity index is 455. The van der Waals surface area contributed by atoms with Gasteiger partial charge in [0.15, 0.2) is 0 Å². The highest BCUT2D eigenvalue weighted by molar-refractivity contribution is 5.86. The predicted molar refractivity (Wildman–Crippen MR) is 75.6 cm³/mol. The van der Waals surface area contributed by atoms with Crippen LogP contribution in [0, 0.1) is 5.92 Å². The van der Waals surface area contributed by atoms with Crippen LogP contribution in [0.5, 0.6) is 0 Å². The number of rotatable bonds is 6. The molecule has 0 spiro atoms. The molecule has 7 heteroatoms. The van der Waals surface area contributed by atoms with E-state index >= 15 is 0 Å².